The molecular formula is C24H23NO3. The molecule has 1 aromatic heterocycles. The van der Waals surface area contributed by atoms with Crippen molar-refractivity contribution in [2.75, 3.05) is 6.61 Å². The van der Waals surface area contributed by atoms with Crippen LogP contribution in [0, 0.1) is 0 Å². The fourth-order valence-electron chi connectivity index (χ4n) is 2.76. The summed E-state index contributed by atoms with van der Waals surface area (Å²) in [5.41, 5.74) is 3.77. The summed E-state index contributed by atoms with van der Waals surface area (Å²) in [4.78, 5) is 16.3. The van der Waals surface area contributed by atoms with Crippen molar-refractivity contribution in [1.29, 1.82) is 0 Å². The van der Waals surface area contributed by atoms with Gasteiger partial charge in [-0.3, -0.25) is 4.98 Å². The summed E-state index contributed by atoms with van der Waals surface area (Å²) in [7, 11) is 0. The monoisotopic (exact) mass is 373 g/mol. The first-order chi connectivity index (χ1) is 13.7. The number of rotatable bonds is 8. The zero-order valence-corrected chi connectivity index (χ0v) is 15.9. The molecular weight excluding hydrogens is 350 g/mol. The Hall–Kier alpha value is -3.40. The molecule has 0 bridgehead atoms. The molecule has 0 unspecified atom stereocenters. The van der Waals surface area contributed by atoms with E-state index in [0.29, 0.717) is 19.6 Å². The van der Waals surface area contributed by atoms with Crippen molar-refractivity contribution in [3.8, 4) is 5.75 Å². The van der Waals surface area contributed by atoms with Crippen LogP contribution in [0.5, 0.6) is 5.75 Å². The summed E-state index contributed by atoms with van der Waals surface area (Å²) in [5.74, 6) is 0.451. The molecule has 142 valence electrons. The highest BCUT2D eigenvalue weighted by Crippen LogP contribution is 2.21. The zero-order chi connectivity index (χ0) is 19.6. The van der Waals surface area contributed by atoms with Gasteiger partial charge in [0, 0.05) is 12.3 Å². The lowest BCUT2D eigenvalue weighted by Gasteiger charge is -2.10. The first-order valence-electron chi connectivity index (χ1n) is 9.29. The first-order valence-corrected chi connectivity index (χ1v) is 9.29. The molecule has 0 atom stereocenters. The van der Waals surface area contributed by atoms with Gasteiger partial charge in [0.25, 0.3) is 0 Å². The Labute approximate surface area is 165 Å². The van der Waals surface area contributed by atoms with Gasteiger partial charge in [0.05, 0.1) is 12.3 Å². The Morgan fingerprint density at radius 3 is 2.36 bits per heavy atom. The highest BCUT2D eigenvalue weighted by atomic mass is 16.5. The number of carbonyl (C=O) groups is 1. The van der Waals surface area contributed by atoms with E-state index >= 15 is 0 Å². The van der Waals surface area contributed by atoms with Crippen LogP contribution in [0.4, 0.5) is 0 Å². The van der Waals surface area contributed by atoms with Crippen LogP contribution < -0.4 is 4.74 Å². The maximum Gasteiger partial charge on any atom is 0.331 e. The van der Waals surface area contributed by atoms with Gasteiger partial charge in [-0.2, -0.15) is 0 Å². The number of aromatic nitrogens is 1. The molecule has 3 aromatic rings. The Morgan fingerprint density at radius 2 is 1.68 bits per heavy atom. The number of nitrogens with zero attached hydrogens (tertiary/aromatic N) is 1. The van der Waals surface area contributed by atoms with Crippen LogP contribution >= 0.6 is 0 Å². The minimum absolute atomic E-state index is 0.346. The second kappa shape index (κ2) is 10.1. The third-order valence-electron chi connectivity index (χ3n) is 4.14. The molecule has 0 aliphatic heterocycles. The largest absolute Gasteiger partial charge is 0.489 e. The fourth-order valence-corrected chi connectivity index (χ4v) is 2.76. The Kier molecular flexibility index (Phi) is 6.96. The lowest BCUT2D eigenvalue weighted by molar-refractivity contribution is -0.137. The normalized spacial score (nSPS) is 11.1. The molecule has 0 spiro atoms. The van der Waals surface area contributed by atoms with Crippen molar-refractivity contribution in [3.63, 3.8) is 0 Å². The minimum Gasteiger partial charge on any atom is -0.489 e. The molecule has 0 N–H and O–H groups in total. The van der Waals surface area contributed by atoms with E-state index in [1.807, 2.05) is 72.8 Å². The van der Waals surface area contributed by atoms with Gasteiger partial charge in [-0.1, -0.05) is 48.5 Å². The molecule has 4 nitrogen and oxygen atoms in total. The second-order valence-electron chi connectivity index (χ2n) is 6.23. The van der Waals surface area contributed by atoms with Crippen molar-refractivity contribution in [1.82, 2.24) is 4.98 Å². The number of carbonyl (C=O) groups excluding carboxylic acids is 1. The van der Waals surface area contributed by atoms with E-state index in [-0.39, 0.29) is 5.97 Å². The van der Waals surface area contributed by atoms with E-state index in [0.717, 1.165) is 28.1 Å². The van der Waals surface area contributed by atoms with Crippen LogP contribution in [0.15, 0.2) is 85.1 Å². The van der Waals surface area contributed by atoms with E-state index in [1.165, 1.54) is 6.08 Å². The smallest absolute Gasteiger partial charge is 0.331 e. The lowest BCUT2D eigenvalue weighted by Crippen LogP contribution is -2.03. The zero-order valence-electron chi connectivity index (χ0n) is 15.9. The van der Waals surface area contributed by atoms with E-state index in [9.17, 15) is 4.79 Å². The molecule has 2 aromatic carbocycles. The Morgan fingerprint density at radius 1 is 0.929 bits per heavy atom. The standard InChI is InChI=1S/C24H23NO3/c1-2-27-24(26)17-21(23-10-6-7-15-25-23)16-19-11-13-22(14-12-19)28-18-20-8-4-3-5-9-20/h3-15,17H,2,16,18H2,1H3. The SMILES string of the molecule is CCOC(=O)C=C(Cc1ccc(OCc2ccccc2)cc1)c1ccccn1. The molecule has 0 radical (unpaired) electrons. The number of allylic oxidation sites excluding steroid dienone is 1. The van der Waals surface area contributed by atoms with Gasteiger partial charge in [-0.15, -0.1) is 0 Å². The predicted molar refractivity (Wildman–Crippen MR) is 110 cm³/mol. The molecule has 0 aliphatic rings. The molecule has 1 heterocycles. The minimum atomic E-state index is -0.356. The van der Waals surface area contributed by atoms with Crippen molar-refractivity contribution in [2.24, 2.45) is 0 Å². The Balaban J connectivity index is 1.69. The topological polar surface area (TPSA) is 48.4 Å². The quantitative estimate of drug-likeness (QED) is 0.418. The number of esters is 1. The van der Waals surface area contributed by atoms with Gasteiger partial charge in [0.2, 0.25) is 0 Å². The van der Waals surface area contributed by atoms with Crippen LogP contribution in [-0.2, 0) is 22.6 Å². The summed E-state index contributed by atoms with van der Waals surface area (Å²) >= 11 is 0. The molecule has 0 fully saturated rings. The van der Waals surface area contributed by atoms with Crippen molar-refractivity contribution >= 4 is 11.5 Å². The maximum atomic E-state index is 11.9. The Bertz CT molecular complexity index is 904. The first kappa shape index (κ1) is 19.4. The van der Waals surface area contributed by atoms with Crippen molar-refractivity contribution < 1.29 is 14.3 Å². The number of pyridine rings is 1. The molecule has 28 heavy (non-hydrogen) atoms. The van der Waals surface area contributed by atoms with Crippen LogP contribution in [0.25, 0.3) is 5.57 Å². The van der Waals surface area contributed by atoms with E-state index in [2.05, 4.69) is 4.98 Å². The third-order valence-corrected chi connectivity index (χ3v) is 4.14. The van der Waals surface area contributed by atoms with E-state index in [1.54, 1.807) is 13.1 Å². The second-order valence-corrected chi connectivity index (χ2v) is 6.23. The number of hydrogen-bond donors (Lipinski definition) is 0. The van der Waals surface area contributed by atoms with Gasteiger partial charge >= 0.3 is 5.97 Å². The number of hydrogen-bond acceptors (Lipinski definition) is 4. The van der Waals surface area contributed by atoms with Crippen LogP contribution in [-0.4, -0.2) is 17.6 Å². The van der Waals surface area contributed by atoms with Crippen molar-refractivity contribution in [2.45, 2.75) is 20.0 Å². The molecule has 0 aliphatic carbocycles. The molecule has 0 amide bonds. The molecule has 0 saturated heterocycles. The number of ether oxygens (including phenoxy) is 2. The molecule has 0 saturated carbocycles. The van der Waals surface area contributed by atoms with Crippen LogP contribution in [0.2, 0.25) is 0 Å². The summed E-state index contributed by atoms with van der Waals surface area (Å²) in [6, 6.07) is 23.6. The highest BCUT2D eigenvalue weighted by Gasteiger charge is 2.08. The van der Waals surface area contributed by atoms with Crippen LogP contribution in [0.3, 0.4) is 0 Å². The van der Waals surface area contributed by atoms with Crippen molar-refractivity contribution in [3.05, 3.63) is 102 Å². The van der Waals surface area contributed by atoms with Gasteiger partial charge in [0.15, 0.2) is 0 Å². The summed E-state index contributed by atoms with van der Waals surface area (Å²) in [5, 5.41) is 0. The summed E-state index contributed by atoms with van der Waals surface area (Å²) in [6.07, 6.45) is 3.81. The van der Waals surface area contributed by atoms with E-state index < -0.39 is 0 Å². The van der Waals surface area contributed by atoms with Crippen LogP contribution in [0.1, 0.15) is 23.7 Å². The van der Waals surface area contributed by atoms with Gasteiger partial charge < -0.3 is 9.47 Å². The van der Waals surface area contributed by atoms with E-state index in [4.69, 9.17) is 9.47 Å². The number of benzene rings is 2. The average molecular weight is 373 g/mol. The predicted octanol–water partition coefficient (Wildman–Crippen LogP) is 4.85. The lowest BCUT2D eigenvalue weighted by atomic mass is 10.0. The van der Waals surface area contributed by atoms with Gasteiger partial charge in [-0.05, 0) is 54.3 Å². The van der Waals surface area contributed by atoms with Gasteiger partial charge in [-0.25, -0.2) is 4.79 Å². The maximum absolute atomic E-state index is 11.9. The molecule has 4 heteroatoms. The third kappa shape index (κ3) is 5.81. The molecule has 3 rings (SSSR count). The van der Waals surface area contributed by atoms with Gasteiger partial charge in [0.1, 0.15) is 12.4 Å². The summed E-state index contributed by atoms with van der Waals surface area (Å²) < 4.78 is 10.9. The average Bonchev–Trinajstić information content (AvgIpc) is 2.74. The fraction of sp³-hybridized carbons (Fsp3) is 0.167. The highest BCUT2D eigenvalue weighted by molar-refractivity contribution is 5.91. The summed E-state index contributed by atoms with van der Waals surface area (Å²) in [6.45, 7) is 2.67.